The number of nitro groups is 1. The predicted octanol–water partition coefficient (Wildman–Crippen LogP) is 2.52. The summed E-state index contributed by atoms with van der Waals surface area (Å²) in [5.41, 5.74) is 3.12. The van der Waals surface area contributed by atoms with E-state index in [1.165, 1.54) is 30.5 Å². The molecule has 0 heterocycles. The number of hydrogen-bond acceptors (Lipinski definition) is 6. The first-order valence-corrected chi connectivity index (χ1v) is 7.37. The second-order valence-corrected chi connectivity index (χ2v) is 5.02. The van der Waals surface area contributed by atoms with E-state index in [-0.39, 0.29) is 5.69 Å². The minimum Gasteiger partial charge on any atom is -0.497 e. The third-order valence-electron chi connectivity index (χ3n) is 3.23. The van der Waals surface area contributed by atoms with Crippen molar-refractivity contribution >= 4 is 17.8 Å². The number of hydrazone groups is 1. The molecule has 1 amide bonds. The summed E-state index contributed by atoms with van der Waals surface area (Å²) >= 11 is 0. The number of hydrogen-bond donors (Lipinski definition) is 1. The number of carbonyl (C=O) groups excluding carboxylic acids is 1. The molecule has 8 heteroatoms. The molecule has 0 aliphatic heterocycles. The van der Waals surface area contributed by atoms with Gasteiger partial charge in [0.25, 0.3) is 11.6 Å². The summed E-state index contributed by atoms with van der Waals surface area (Å²) in [5, 5.41) is 14.5. The Morgan fingerprint density at radius 3 is 2.32 bits per heavy atom. The molecule has 0 spiro atoms. The lowest BCUT2D eigenvalue weighted by Gasteiger charge is -2.12. The Hall–Kier alpha value is -3.42. The highest BCUT2D eigenvalue weighted by atomic mass is 16.6. The van der Waals surface area contributed by atoms with Gasteiger partial charge >= 0.3 is 0 Å². The molecule has 2 aromatic carbocycles. The largest absolute Gasteiger partial charge is 0.497 e. The number of amides is 1. The maximum Gasteiger partial charge on any atom is 0.280 e. The van der Waals surface area contributed by atoms with Crippen molar-refractivity contribution in [2.45, 2.75) is 13.0 Å². The predicted molar refractivity (Wildman–Crippen MR) is 91.9 cm³/mol. The molecule has 130 valence electrons. The SMILES string of the molecule is COc1ccc(/C=N/NC(=O)C(C)Oc2ccc([N+](=O)[O-])cc2)cc1. The van der Waals surface area contributed by atoms with Gasteiger partial charge in [-0.1, -0.05) is 0 Å². The first kappa shape index (κ1) is 17.9. The van der Waals surface area contributed by atoms with Crippen LogP contribution >= 0.6 is 0 Å². The van der Waals surface area contributed by atoms with Crippen LogP contribution < -0.4 is 14.9 Å². The van der Waals surface area contributed by atoms with Crippen LogP contribution in [0.3, 0.4) is 0 Å². The molecule has 0 fully saturated rings. The highest BCUT2D eigenvalue weighted by Crippen LogP contribution is 2.18. The lowest BCUT2D eigenvalue weighted by molar-refractivity contribution is -0.384. The van der Waals surface area contributed by atoms with Crippen molar-refractivity contribution in [2.75, 3.05) is 7.11 Å². The number of methoxy groups -OCH3 is 1. The molecule has 8 nitrogen and oxygen atoms in total. The maximum absolute atomic E-state index is 11.9. The van der Waals surface area contributed by atoms with Crippen LogP contribution in [0.1, 0.15) is 12.5 Å². The van der Waals surface area contributed by atoms with Crippen molar-refractivity contribution in [3.05, 3.63) is 64.2 Å². The van der Waals surface area contributed by atoms with E-state index >= 15 is 0 Å². The van der Waals surface area contributed by atoms with E-state index in [4.69, 9.17) is 9.47 Å². The van der Waals surface area contributed by atoms with Crippen LogP contribution in [-0.4, -0.2) is 30.3 Å². The van der Waals surface area contributed by atoms with Crippen LogP contribution in [0.4, 0.5) is 5.69 Å². The first-order valence-electron chi connectivity index (χ1n) is 7.37. The summed E-state index contributed by atoms with van der Waals surface area (Å²) in [4.78, 5) is 22.0. The fourth-order valence-corrected chi connectivity index (χ4v) is 1.86. The molecule has 0 bridgehead atoms. The zero-order chi connectivity index (χ0) is 18.2. The standard InChI is InChI=1S/C17H17N3O5/c1-12(25-16-9-5-14(6-10-16)20(22)23)17(21)19-18-11-13-3-7-15(24-2)8-4-13/h3-12H,1-2H3,(H,19,21)/b18-11+. The van der Waals surface area contributed by atoms with E-state index in [0.29, 0.717) is 5.75 Å². The van der Waals surface area contributed by atoms with Crippen molar-refractivity contribution < 1.29 is 19.2 Å². The summed E-state index contributed by atoms with van der Waals surface area (Å²) in [5.74, 6) is 0.641. The van der Waals surface area contributed by atoms with Gasteiger partial charge in [-0.3, -0.25) is 14.9 Å². The quantitative estimate of drug-likeness (QED) is 0.473. The molecule has 0 aliphatic carbocycles. The number of nitrogens with one attached hydrogen (secondary N) is 1. The fraction of sp³-hybridized carbons (Fsp3) is 0.176. The Bertz CT molecular complexity index is 757. The molecule has 0 saturated carbocycles. The van der Waals surface area contributed by atoms with Gasteiger partial charge in [0.05, 0.1) is 18.2 Å². The molecule has 2 rings (SSSR count). The zero-order valence-corrected chi connectivity index (χ0v) is 13.7. The van der Waals surface area contributed by atoms with Gasteiger partial charge in [0.2, 0.25) is 0 Å². The van der Waals surface area contributed by atoms with Gasteiger partial charge in [0.15, 0.2) is 6.10 Å². The van der Waals surface area contributed by atoms with Crippen molar-refractivity contribution in [3.8, 4) is 11.5 Å². The summed E-state index contributed by atoms with van der Waals surface area (Å²) in [6, 6.07) is 12.6. The van der Waals surface area contributed by atoms with Gasteiger partial charge in [-0.25, -0.2) is 5.43 Å². The minimum absolute atomic E-state index is 0.0476. The maximum atomic E-state index is 11.9. The number of rotatable bonds is 7. The summed E-state index contributed by atoms with van der Waals surface area (Å²) in [6.07, 6.45) is 0.685. The van der Waals surface area contributed by atoms with Gasteiger partial charge in [-0.15, -0.1) is 0 Å². The Balaban J connectivity index is 1.86. The van der Waals surface area contributed by atoms with E-state index in [9.17, 15) is 14.9 Å². The lowest BCUT2D eigenvalue weighted by atomic mass is 10.2. The Morgan fingerprint density at radius 1 is 1.16 bits per heavy atom. The average Bonchev–Trinajstić information content (AvgIpc) is 2.62. The number of non-ortho nitro benzene ring substituents is 1. The summed E-state index contributed by atoms with van der Waals surface area (Å²) < 4.78 is 10.5. The molecular weight excluding hydrogens is 326 g/mol. The van der Waals surface area contributed by atoms with Crippen molar-refractivity contribution in [1.29, 1.82) is 0 Å². The smallest absolute Gasteiger partial charge is 0.280 e. The Labute approximate surface area is 144 Å². The monoisotopic (exact) mass is 343 g/mol. The third kappa shape index (κ3) is 5.31. The fourth-order valence-electron chi connectivity index (χ4n) is 1.86. The van der Waals surface area contributed by atoms with Gasteiger partial charge < -0.3 is 9.47 Å². The van der Waals surface area contributed by atoms with E-state index in [0.717, 1.165) is 11.3 Å². The van der Waals surface area contributed by atoms with Crippen molar-refractivity contribution in [2.24, 2.45) is 5.10 Å². The van der Waals surface area contributed by atoms with E-state index < -0.39 is 16.9 Å². The Kier molecular flexibility index (Phi) is 6.05. The highest BCUT2D eigenvalue weighted by Gasteiger charge is 2.14. The molecule has 0 saturated heterocycles. The number of nitrogens with zero attached hydrogens (tertiary/aromatic N) is 2. The molecular formula is C17H17N3O5. The van der Waals surface area contributed by atoms with Gasteiger partial charge in [0, 0.05) is 12.1 Å². The molecule has 1 unspecified atom stereocenters. The van der Waals surface area contributed by atoms with E-state index in [2.05, 4.69) is 10.5 Å². The number of carbonyl (C=O) groups is 1. The van der Waals surface area contributed by atoms with Gasteiger partial charge in [-0.05, 0) is 48.9 Å². The van der Waals surface area contributed by atoms with Crippen LogP contribution in [-0.2, 0) is 4.79 Å². The van der Waals surface area contributed by atoms with Crippen LogP contribution in [0, 0.1) is 10.1 Å². The zero-order valence-electron chi connectivity index (χ0n) is 13.7. The van der Waals surface area contributed by atoms with Crippen LogP contribution in [0.25, 0.3) is 0 Å². The Morgan fingerprint density at radius 2 is 1.76 bits per heavy atom. The molecule has 0 radical (unpaired) electrons. The molecule has 0 aromatic heterocycles. The summed E-state index contributed by atoms with van der Waals surface area (Å²) in [6.45, 7) is 1.56. The minimum atomic E-state index is -0.811. The third-order valence-corrected chi connectivity index (χ3v) is 3.23. The van der Waals surface area contributed by atoms with Crippen LogP contribution in [0.2, 0.25) is 0 Å². The van der Waals surface area contributed by atoms with Gasteiger partial charge in [0.1, 0.15) is 11.5 Å². The highest BCUT2D eigenvalue weighted by molar-refractivity contribution is 5.84. The molecule has 2 aromatic rings. The first-order chi connectivity index (χ1) is 12.0. The number of benzene rings is 2. The van der Waals surface area contributed by atoms with E-state index in [1.54, 1.807) is 38.3 Å². The topological polar surface area (TPSA) is 103 Å². The van der Waals surface area contributed by atoms with Crippen molar-refractivity contribution in [1.82, 2.24) is 5.43 Å². The number of nitro benzene ring substituents is 1. The summed E-state index contributed by atoms with van der Waals surface area (Å²) in [7, 11) is 1.58. The normalized spacial score (nSPS) is 11.8. The molecule has 0 aliphatic rings. The number of ether oxygens (including phenoxy) is 2. The lowest BCUT2D eigenvalue weighted by Crippen LogP contribution is -2.33. The second-order valence-electron chi connectivity index (χ2n) is 5.02. The average molecular weight is 343 g/mol. The molecule has 1 atom stereocenters. The van der Waals surface area contributed by atoms with Crippen LogP contribution in [0.5, 0.6) is 11.5 Å². The van der Waals surface area contributed by atoms with Crippen LogP contribution in [0.15, 0.2) is 53.6 Å². The molecule has 25 heavy (non-hydrogen) atoms. The van der Waals surface area contributed by atoms with Gasteiger partial charge in [-0.2, -0.15) is 5.10 Å². The van der Waals surface area contributed by atoms with E-state index in [1.807, 2.05) is 0 Å². The molecule has 1 N–H and O–H groups in total. The second kappa shape index (κ2) is 8.44. The van der Waals surface area contributed by atoms with Crippen molar-refractivity contribution in [3.63, 3.8) is 0 Å².